The van der Waals surface area contributed by atoms with Crippen molar-refractivity contribution < 1.29 is 23.4 Å². The summed E-state index contributed by atoms with van der Waals surface area (Å²) in [6, 6.07) is 0.438. The van der Waals surface area contributed by atoms with Crippen LogP contribution in [0.15, 0.2) is 17.1 Å². The third-order valence-electron chi connectivity index (χ3n) is 7.23. The number of hydrogen-bond acceptors (Lipinski definition) is 5. The van der Waals surface area contributed by atoms with Crippen molar-refractivity contribution in [2.75, 3.05) is 25.1 Å². The summed E-state index contributed by atoms with van der Waals surface area (Å²) in [5.41, 5.74) is 5.33. The zero-order valence-corrected chi connectivity index (χ0v) is 17.2. The number of alkyl halides is 1. The Morgan fingerprint density at radius 2 is 2.13 bits per heavy atom. The fraction of sp³-hybridized carbons (Fsp3) is 0.545. The Kier molecular flexibility index (Phi) is 4.51. The monoisotopic (exact) mass is 433 g/mol. The highest BCUT2D eigenvalue weighted by molar-refractivity contribution is 5.97. The molecular formula is C22H25F2N3O4. The fourth-order valence-electron chi connectivity index (χ4n) is 5.53. The Labute approximate surface area is 177 Å². The van der Waals surface area contributed by atoms with E-state index in [2.05, 4.69) is 0 Å². The van der Waals surface area contributed by atoms with Crippen LogP contribution in [0.2, 0.25) is 0 Å². The second kappa shape index (κ2) is 6.91. The third-order valence-corrected chi connectivity index (χ3v) is 7.23. The van der Waals surface area contributed by atoms with Gasteiger partial charge in [0.25, 0.3) is 0 Å². The van der Waals surface area contributed by atoms with Gasteiger partial charge < -0.3 is 25.0 Å². The molecule has 2 aromatic rings. The maximum Gasteiger partial charge on any atom is 0.341 e. The largest absolute Gasteiger partial charge is 0.492 e. The van der Waals surface area contributed by atoms with Gasteiger partial charge in [-0.1, -0.05) is 6.42 Å². The van der Waals surface area contributed by atoms with Crippen LogP contribution in [0.25, 0.3) is 10.9 Å². The Balaban J connectivity index is 1.74. The van der Waals surface area contributed by atoms with Crippen molar-refractivity contribution >= 4 is 22.6 Å². The minimum Gasteiger partial charge on any atom is -0.492 e. The van der Waals surface area contributed by atoms with E-state index in [1.54, 1.807) is 0 Å². The first-order chi connectivity index (χ1) is 14.7. The van der Waals surface area contributed by atoms with Crippen molar-refractivity contribution in [1.29, 1.82) is 0 Å². The van der Waals surface area contributed by atoms with E-state index < -0.39 is 40.5 Å². The highest BCUT2D eigenvalue weighted by Gasteiger charge is 2.45. The SMILES string of the molecule is COc1c(N2CCC3CCC[C@@]3(N)C2)c(F)cc2c(=O)c(C(=O)O)cn(C3CC3F)c12. The molecule has 0 amide bonds. The van der Waals surface area contributed by atoms with Crippen molar-refractivity contribution in [2.24, 2.45) is 11.7 Å². The van der Waals surface area contributed by atoms with E-state index in [0.29, 0.717) is 19.0 Å². The predicted molar refractivity (Wildman–Crippen MR) is 111 cm³/mol. The average Bonchev–Trinajstić information content (AvgIpc) is 3.31. The zero-order chi connectivity index (χ0) is 22.1. The van der Waals surface area contributed by atoms with Crippen LogP contribution in [0.1, 0.15) is 48.5 Å². The molecule has 1 aliphatic heterocycles. The van der Waals surface area contributed by atoms with Crippen molar-refractivity contribution in [2.45, 2.75) is 49.9 Å². The molecule has 9 heteroatoms. The third kappa shape index (κ3) is 3.01. The topological polar surface area (TPSA) is 97.8 Å². The molecule has 1 aromatic carbocycles. The van der Waals surface area contributed by atoms with Crippen molar-refractivity contribution in [3.8, 4) is 5.75 Å². The number of halogens is 2. The van der Waals surface area contributed by atoms with E-state index in [-0.39, 0.29) is 28.8 Å². The smallest absolute Gasteiger partial charge is 0.341 e. The Hall–Kier alpha value is -2.68. The Morgan fingerprint density at radius 3 is 2.77 bits per heavy atom. The van der Waals surface area contributed by atoms with E-state index in [1.165, 1.54) is 11.7 Å². The van der Waals surface area contributed by atoms with Crippen molar-refractivity contribution in [3.63, 3.8) is 0 Å². The highest BCUT2D eigenvalue weighted by Crippen LogP contribution is 2.47. The van der Waals surface area contributed by atoms with E-state index in [4.69, 9.17) is 10.5 Å². The van der Waals surface area contributed by atoms with Gasteiger partial charge in [-0.25, -0.2) is 13.6 Å². The molecule has 3 fully saturated rings. The van der Waals surface area contributed by atoms with E-state index in [1.807, 2.05) is 4.90 Å². The summed E-state index contributed by atoms with van der Waals surface area (Å²) in [5.74, 6) is -1.60. The predicted octanol–water partition coefficient (Wildman–Crippen LogP) is 2.84. The summed E-state index contributed by atoms with van der Waals surface area (Å²) in [4.78, 5) is 26.3. The number of pyridine rings is 1. The fourth-order valence-corrected chi connectivity index (χ4v) is 5.53. The van der Waals surface area contributed by atoms with Gasteiger partial charge in [-0.05, 0) is 31.2 Å². The van der Waals surface area contributed by atoms with Gasteiger partial charge in [0.1, 0.15) is 17.4 Å². The zero-order valence-electron chi connectivity index (χ0n) is 17.2. The number of anilines is 1. The second-order valence-corrected chi connectivity index (χ2v) is 9.07. The summed E-state index contributed by atoms with van der Waals surface area (Å²) < 4.78 is 36.4. The first kappa shape index (κ1) is 20.2. The molecule has 0 spiro atoms. The molecule has 166 valence electrons. The normalized spacial score (nSPS) is 29.8. The van der Waals surface area contributed by atoms with Gasteiger partial charge in [0.15, 0.2) is 11.6 Å². The van der Waals surface area contributed by atoms with Crippen LogP contribution in [-0.4, -0.2) is 47.6 Å². The Bertz CT molecular complexity index is 1150. The molecule has 3 aliphatic rings. The van der Waals surface area contributed by atoms with Crippen molar-refractivity contribution in [3.05, 3.63) is 33.9 Å². The number of hydrogen-bond donors (Lipinski definition) is 2. The summed E-state index contributed by atoms with van der Waals surface area (Å²) in [6.45, 7) is 1.05. The highest BCUT2D eigenvalue weighted by atomic mass is 19.1. The molecule has 2 aliphatic carbocycles. The number of aromatic nitrogens is 1. The molecule has 2 heterocycles. The van der Waals surface area contributed by atoms with Crippen LogP contribution in [-0.2, 0) is 0 Å². The van der Waals surface area contributed by atoms with Gasteiger partial charge in [0, 0.05) is 31.2 Å². The second-order valence-electron chi connectivity index (χ2n) is 9.07. The number of nitrogens with zero attached hydrogens (tertiary/aromatic N) is 2. The number of ether oxygens (including phenoxy) is 1. The number of methoxy groups -OCH3 is 1. The molecule has 31 heavy (non-hydrogen) atoms. The first-order valence-electron chi connectivity index (χ1n) is 10.6. The van der Waals surface area contributed by atoms with E-state index in [9.17, 15) is 19.1 Å². The quantitative estimate of drug-likeness (QED) is 0.770. The minimum atomic E-state index is -1.44. The van der Waals surface area contributed by atoms with Crippen LogP contribution < -0.4 is 20.8 Å². The molecule has 3 unspecified atom stereocenters. The molecule has 5 rings (SSSR count). The average molecular weight is 433 g/mol. The van der Waals surface area contributed by atoms with Gasteiger partial charge in [-0.3, -0.25) is 4.79 Å². The standard InChI is InChI=1S/C22H25F2N3O4/c1-31-20-17-12(19(28)13(21(29)30)9-27(17)16-8-14(16)23)7-15(24)18(20)26-6-4-11-3-2-5-22(11,25)10-26/h7,9,11,14,16H,2-6,8,10,25H2,1H3,(H,29,30)/t11?,14?,16?,22-/m1/s1. The molecule has 0 bridgehead atoms. The van der Waals surface area contributed by atoms with E-state index >= 15 is 4.39 Å². The number of aromatic carboxylic acids is 1. The lowest BCUT2D eigenvalue weighted by molar-refractivity contribution is 0.0694. The molecule has 3 N–H and O–H groups in total. The van der Waals surface area contributed by atoms with Gasteiger partial charge in [0.05, 0.1) is 24.1 Å². The van der Waals surface area contributed by atoms with Gasteiger partial charge in [-0.15, -0.1) is 0 Å². The van der Waals surface area contributed by atoms with Crippen LogP contribution >= 0.6 is 0 Å². The van der Waals surface area contributed by atoms with Crippen molar-refractivity contribution in [1.82, 2.24) is 4.57 Å². The van der Waals surface area contributed by atoms with Gasteiger partial charge in [-0.2, -0.15) is 0 Å². The summed E-state index contributed by atoms with van der Waals surface area (Å²) in [5, 5.41) is 9.30. The number of rotatable bonds is 4. The maximum atomic E-state index is 15.4. The maximum absolute atomic E-state index is 15.4. The minimum absolute atomic E-state index is 0.114. The van der Waals surface area contributed by atoms with Crippen LogP contribution in [0, 0.1) is 11.7 Å². The summed E-state index contributed by atoms with van der Waals surface area (Å²) in [6.07, 6.45) is 4.00. The first-order valence-corrected chi connectivity index (χ1v) is 10.6. The number of carboxylic acids is 1. The lowest BCUT2D eigenvalue weighted by Gasteiger charge is -2.44. The van der Waals surface area contributed by atoms with Crippen LogP contribution in [0.5, 0.6) is 5.75 Å². The summed E-state index contributed by atoms with van der Waals surface area (Å²) in [7, 11) is 1.37. The van der Waals surface area contributed by atoms with Crippen LogP contribution in [0.4, 0.5) is 14.5 Å². The lowest BCUT2D eigenvalue weighted by atomic mass is 9.81. The van der Waals surface area contributed by atoms with Crippen LogP contribution in [0.3, 0.4) is 0 Å². The molecular weight excluding hydrogens is 408 g/mol. The molecule has 1 saturated heterocycles. The molecule has 4 atom stereocenters. The Morgan fingerprint density at radius 1 is 1.39 bits per heavy atom. The number of fused-ring (bicyclic) bond motifs is 2. The number of benzene rings is 1. The van der Waals surface area contributed by atoms with Gasteiger partial charge in [0.2, 0.25) is 5.43 Å². The molecule has 2 saturated carbocycles. The molecule has 1 aromatic heterocycles. The number of nitrogens with two attached hydrogens (primary N) is 1. The van der Waals surface area contributed by atoms with Gasteiger partial charge >= 0.3 is 5.97 Å². The molecule has 0 radical (unpaired) electrons. The number of piperidine rings is 1. The lowest BCUT2D eigenvalue weighted by Crippen LogP contribution is -2.57. The summed E-state index contributed by atoms with van der Waals surface area (Å²) >= 11 is 0. The number of carbonyl (C=O) groups is 1. The van der Waals surface area contributed by atoms with E-state index in [0.717, 1.165) is 37.9 Å². The number of carboxylic acid groups (broad SMARTS) is 1. The molecule has 7 nitrogen and oxygen atoms in total.